The molecule has 1 N–H and O–H groups in total. The SMILES string of the molecule is N#C/C(=C/c1cccc2c1OCCCO2)C(=O)Nc1ccccc1F. The van der Waals surface area contributed by atoms with Crippen molar-refractivity contribution < 1.29 is 18.7 Å². The zero-order chi connectivity index (χ0) is 17.6. The van der Waals surface area contributed by atoms with Crippen molar-refractivity contribution in [2.24, 2.45) is 0 Å². The van der Waals surface area contributed by atoms with Gasteiger partial charge in [0.1, 0.15) is 17.5 Å². The van der Waals surface area contributed by atoms with Crippen LogP contribution in [0.1, 0.15) is 12.0 Å². The summed E-state index contributed by atoms with van der Waals surface area (Å²) in [7, 11) is 0. The molecule has 0 spiro atoms. The fourth-order valence-corrected chi connectivity index (χ4v) is 2.39. The molecule has 1 heterocycles. The molecular formula is C19H15FN2O3. The van der Waals surface area contributed by atoms with E-state index in [2.05, 4.69) is 5.32 Å². The van der Waals surface area contributed by atoms with Gasteiger partial charge >= 0.3 is 0 Å². The van der Waals surface area contributed by atoms with Gasteiger partial charge in [0.2, 0.25) is 0 Å². The van der Waals surface area contributed by atoms with Crippen molar-refractivity contribution in [3.8, 4) is 17.6 Å². The molecule has 0 aliphatic carbocycles. The highest BCUT2D eigenvalue weighted by Crippen LogP contribution is 2.34. The molecule has 0 saturated carbocycles. The van der Waals surface area contributed by atoms with Crippen LogP contribution in [0.2, 0.25) is 0 Å². The third-order valence-corrected chi connectivity index (χ3v) is 3.59. The summed E-state index contributed by atoms with van der Waals surface area (Å²) in [5, 5.41) is 11.7. The fraction of sp³-hybridized carbons (Fsp3) is 0.158. The summed E-state index contributed by atoms with van der Waals surface area (Å²) >= 11 is 0. The van der Waals surface area contributed by atoms with E-state index in [-0.39, 0.29) is 11.3 Å². The lowest BCUT2D eigenvalue weighted by Gasteiger charge is -2.10. The van der Waals surface area contributed by atoms with Crippen LogP contribution in [0.3, 0.4) is 0 Å². The van der Waals surface area contributed by atoms with Crippen LogP contribution < -0.4 is 14.8 Å². The number of rotatable bonds is 3. The minimum absolute atomic E-state index is 0.0140. The maximum atomic E-state index is 13.7. The van der Waals surface area contributed by atoms with Gasteiger partial charge in [0.25, 0.3) is 5.91 Å². The van der Waals surface area contributed by atoms with Crippen LogP contribution in [0.5, 0.6) is 11.5 Å². The van der Waals surface area contributed by atoms with Crippen LogP contribution in [-0.2, 0) is 4.79 Å². The van der Waals surface area contributed by atoms with Gasteiger partial charge < -0.3 is 14.8 Å². The summed E-state index contributed by atoms with van der Waals surface area (Å²) in [6.45, 7) is 1.03. The van der Waals surface area contributed by atoms with E-state index >= 15 is 0 Å². The smallest absolute Gasteiger partial charge is 0.266 e. The Hall–Kier alpha value is -3.33. The molecule has 3 rings (SSSR count). The van der Waals surface area contributed by atoms with Crippen LogP contribution in [0.4, 0.5) is 10.1 Å². The highest BCUT2D eigenvalue weighted by Gasteiger charge is 2.16. The average Bonchev–Trinajstić information content (AvgIpc) is 2.87. The number of benzene rings is 2. The first-order valence-electron chi connectivity index (χ1n) is 7.75. The number of hydrogen-bond acceptors (Lipinski definition) is 4. The van der Waals surface area contributed by atoms with Gasteiger partial charge in [-0.25, -0.2) is 4.39 Å². The topological polar surface area (TPSA) is 71.3 Å². The summed E-state index contributed by atoms with van der Waals surface area (Å²) in [4.78, 5) is 12.3. The van der Waals surface area contributed by atoms with Crippen molar-refractivity contribution in [2.45, 2.75) is 6.42 Å². The van der Waals surface area contributed by atoms with Crippen LogP contribution >= 0.6 is 0 Å². The maximum Gasteiger partial charge on any atom is 0.266 e. The molecule has 5 nitrogen and oxygen atoms in total. The number of anilines is 1. The summed E-state index contributed by atoms with van der Waals surface area (Å²) < 4.78 is 24.9. The number of nitriles is 1. The molecule has 1 aliphatic rings. The number of nitrogens with zero attached hydrogens (tertiary/aromatic N) is 1. The first kappa shape index (κ1) is 16.5. The van der Waals surface area contributed by atoms with Crippen molar-refractivity contribution >= 4 is 17.7 Å². The van der Waals surface area contributed by atoms with Crippen molar-refractivity contribution in [3.05, 3.63) is 59.4 Å². The standard InChI is InChI=1S/C19H15FN2O3/c20-15-6-1-2-7-16(15)22-19(23)14(12-21)11-13-5-3-8-17-18(13)25-10-4-9-24-17/h1-3,5-8,11H,4,9-10H2,(H,22,23)/b14-11-. The fourth-order valence-electron chi connectivity index (χ4n) is 2.39. The van der Waals surface area contributed by atoms with E-state index in [9.17, 15) is 14.4 Å². The number of para-hydroxylation sites is 2. The average molecular weight is 338 g/mol. The Morgan fingerprint density at radius 2 is 1.96 bits per heavy atom. The summed E-state index contributed by atoms with van der Waals surface area (Å²) in [6.07, 6.45) is 2.15. The third kappa shape index (κ3) is 3.78. The maximum absolute atomic E-state index is 13.7. The lowest BCUT2D eigenvalue weighted by atomic mass is 10.1. The Labute approximate surface area is 144 Å². The second-order valence-electron chi connectivity index (χ2n) is 5.33. The van der Waals surface area contributed by atoms with E-state index in [1.165, 1.54) is 24.3 Å². The molecule has 25 heavy (non-hydrogen) atoms. The van der Waals surface area contributed by atoms with E-state index in [1.807, 2.05) is 6.07 Å². The van der Waals surface area contributed by atoms with E-state index in [1.54, 1.807) is 24.3 Å². The second-order valence-corrected chi connectivity index (χ2v) is 5.33. The van der Waals surface area contributed by atoms with Gasteiger partial charge in [-0.15, -0.1) is 0 Å². The molecule has 1 aliphatic heterocycles. The Kier molecular flexibility index (Phi) is 4.95. The number of hydrogen-bond donors (Lipinski definition) is 1. The van der Waals surface area contributed by atoms with E-state index < -0.39 is 11.7 Å². The molecule has 2 aromatic rings. The van der Waals surface area contributed by atoms with Gasteiger partial charge in [-0.3, -0.25) is 4.79 Å². The van der Waals surface area contributed by atoms with E-state index in [0.717, 1.165) is 6.42 Å². The van der Waals surface area contributed by atoms with E-state index in [0.29, 0.717) is 30.3 Å². The lowest BCUT2D eigenvalue weighted by molar-refractivity contribution is -0.112. The Morgan fingerprint density at radius 3 is 2.76 bits per heavy atom. The molecule has 0 saturated heterocycles. The molecule has 0 fully saturated rings. The van der Waals surface area contributed by atoms with Crippen molar-refractivity contribution in [2.75, 3.05) is 18.5 Å². The molecule has 0 bridgehead atoms. The van der Waals surface area contributed by atoms with Crippen LogP contribution in [-0.4, -0.2) is 19.1 Å². The van der Waals surface area contributed by atoms with Gasteiger partial charge in [-0.2, -0.15) is 5.26 Å². The third-order valence-electron chi connectivity index (χ3n) is 3.59. The molecular weight excluding hydrogens is 323 g/mol. The number of carbonyl (C=O) groups excluding carboxylic acids is 1. The highest BCUT2D eigenvalue weighted by molar-refractivity contribution is 6.09. The van der Waals surface area contributed by atoms with Gasteiger partial charge in [0, 0.05) is 12.0 Å². The number of amides is 1. The Morgan fingerprint density at radius 1 is 1.16 bits per heavy atom. The van der Waals surface area contributed by atoms with Gasteiger partial charge in [0.05, 0.1) is 18.9 Å². The predicted molar refractivity (Wildman–Crippen MR) is 90.7 cm³/mol. The normalized spacial score (nSPS) is 13.5. The molecule has 0 unspecified atom stereocenters. The zero-order valence-corrected chi connectivity index (χ0v) is 13.3. The van der Waals surface area contributed by atoms with Gasteiger partial charge in [-0.1, -0.05) is 24.3 Å². The number of ether oxygens (including phenoxy) is 2. The molecule has 6 heteroatoms. The Bertz CT molecular complexity index is 871. The van der Waals surface area contributed by atoms with Crippen LogP contribution in [0.15, 0.2) is 48.0 Å². The quantitative estimate of drug-likeness (QED) is 0.686. The zero-order valence-electron chi connectivity index (χ0n) is 13.3. The predicted octanol–water partition coefficient (Wildman–Crippen LogP) is 3.53. The second kappa shape index (κ2) is 7.49. The minimum atomic E-state index is -0.695. The first-order valence-corrected chi connectivity index (χ1v) is 7.75. The summed E-state index contributed by atoms with van der Waals surface area (Å²) in [6, 6.07) is 12.9. The lowest BCUT2D eigenvalue weighted by Crippen LogP contribution is -2.14. The number of nitrogens with one attached hydrogen (secondary N) is 1. The molecule has 0 atom stereocenters. The van der Waals surface area contributed by atoms with Gasteiger partial charge in [0.15, 0.2) is 11.5 Å². The summed E-state index contributed by atoms with van der Waals surface area (Å²) in [5.74, 6) is -0.206. The van der Waals surface area contributed by atoms with Crippen molar-refractivity contribution in [1.29, 1.82) is 5.26 Å². The number of fused-ring (bicyclic) bond motifs is 1. The first-order chi connectivity index (χ1) is 12.2. The monoisotopic (exact) mass is 338 g/mol. The largest absolute Gasteiger partial charge is 0.490 e. The Balaban J connectivity index is 1.90. The summed E-state index contributed by atoms with van der Waals surface area (Å²) in [5.41, 5.74) is 0.407. The molecule has 0 radical (unpaired) electrons. The molecule has 126 valence electrons. The highest BCUT2D eigenvalue weighted by atomic mass is 19.1. The van der Waals surface area contributed by atoms with E-state index in [4.69, 9.17) is 9.47 Å². The number of carbonyl (C=O) groups is 1. The van der Waals surface area contributed by atoms with Crippen LogP contribution in [0.25, 0.3) is 6.08 Å². The minimum Gasteiger partial charge on any atom is -0.490 e. The number of halogens is 1. The molecule has 1 amide bonds. The molecule has 2 aromatic carbocycles. The van der Waals surface area contributed by atoms with Gasteiger partial charge in [-0.05, 0) is 24.3 Å². The van der Waals surface area contributed by atoms with Crippen LogP contribution in [0, 0.1) is 17.1 Å². The van der Waals surface area contributed by atoms with Crippen molar-refractivity contribution in [1.82, 2.24) is 0 Å². The van der Waals surface area contributed by atoms with Crippen molar-refractivity contribution in [3.63, 3.8) is 0 Å². The molecule has 0 aromatic heterocycles.